The van der Waals surface area contributed by atoms with Crippen molar-refractivity contribution < 1.29 is 4.79 Å². The van der Waals surface area contributed by atoms with E-state index in [-0.39, 0.29) is 11.9 Å². The Balaban J connectivity index is 1.69. The molecule has 0 unspecified atom stereocenters. The van der Waals surface area contributed by atoms with Crippen LogP contribution in [0, 0.1) is 5.41 Å². The number of carbonyl (C=O) groups is 1. The van der Waals surface area contributed by atoms with E-state index in [1.54, 1.807) is 6.20 Å². The first-order chi connectivity index (χ1) is 11.9. The summed E-state index contributed by atoms with van der Waals surface area (Å²) in [7, 11) is 6.10. The molecule has 3 heterocycles. The van der Waals surface area contributed by atoms with Crippen molar-refractivity contribution in [2.24, 2.45) is 12.5 Å². The van der Waals surface area contributed by atoms with Gasteiger partial charge in [-0.2, -0.15) is 0 Å². The average molecular weight is 348 g/mol. The Morgan fingerprint density at radius 1 is 1.36 bits per heavy atom. The number of hydrogen-bond acceptors (Lipinski definition) is 4. The van der Waals surface area contributed by atoms with Gasteiger partial charge < -0.3 is 14.4 Å². The van der Waals surface area contributed by atoms with E-state index in [1.807, 2.05) is 29.8 Å². The van der Waals surface area contributed by atoms with Gasteiger partial charge in [-0.05, 0) is 57.8 Å². The predicted molar refractivity (Wildman–Crippen MR) is 99.1 cm³/mol. The molecule has 1 aromatic rings. The predicted octanol–water partition coefficient (Wildman–Crippen LogP) is 1.57. The summed E-state index contributed by atoms with van der Waals surface area (Å²) in [6, 6.07) is 0.0358. The number of rotatable bonds is 5. The molecule has 25 heavy (non-hydrogen) atoms. The first-order valence-electron chi connectivity index (χ1n) is 9.58. The first kappa shape index (κ1) is 18.4. The highest BCUT2D eigenvalue weighted by atomic mass is 16.2. The van der Waals surface area contributed by atoms with Gasteiger partial charge in [0.05, 0.1) is 12.6 Å². The van der Waals surface area contributed by atoms with Gasteiger partial charge in [-0.3, -0.25) is 9.69 Å². The summed E-state index contributed by atoms with van der Waals surface area (Å²) < 4.78 is 1.99. The Bertz CT molecular complexity index is 590. The van der Waals surface area contributed by atoms with Crippen LogP contribution >= 0.6 is 0 Å². The van der Waals surface area contributed by atoms with Crippen LogP contribution in [0.4, 0.5) is 0 Å². The zero-order valence-electron chi connectivity index (χ0n) is 16.2. The second-order valence-corrected chi connectivity index (χ2v) is 8.14. The zero-order valence-corrected chi connectivity index (χ0v) is 16.2. The maximum atomic E-state index is 13.2. The Morgan fingerprint density at radius 3 is 2.68 bits per heavy atom. The molecular formula is C19H33N5O. The molecule has 0 N–H and O–H groups in total. The smallest absolute Gasteiger partial charge is 0.240 e. The van der Waals surface area contributed by atoms with E-state index < -0.39 is 0 Å². The lowest BCUT2D eigenvalue weighted by atomic mass is 9.76. The van der Waals surface area contributed by atoms with Gasteiger partial charge >= 0.3 is 0 Å². The third-order valence-corrected chi connectivity index (χ3v) is 6.13. The molecule has 2 aliphatic heterocycles. The molecule has 0 aliphatic carbocycles. The molecule has 6 nitrogen and oxygen atoms in total. The van der Waals surface area contributed by atoms with Crippen molar-refractivity contribution in [1.29, 1.82) is 0 Å². The fourth-order valence-electron chi connectivity index (χ4n) is 4.46. The molecule has 1 amide bonds. The topological polar surface area (TPSA) is 44.6 Å². The number of aromatic nitrogens is 2. The number of likely N-dealkylation sites (N-methyl/N-ethyl adjacent to an activating group) is 1. The van der Waals surface area contributed by atoms with Crippen LogP contribution in [0.25, 0.3) is 0 Å². The second-order valence-electron chi connectivity index (χ2n) is 8.14. The van der Waals surface area contributed by atoms with E-state index in [0.717, 1.165) is 44.8 Å². The molecule has 3 rings (SSSR count). The van der Waals surface area contributed by atoms with Crippen LogP contribution in [-0.4, -0.2) is 76.5 Å². The van der Waals surface area contributed by atoms with Crippen molar-refractivity contribution in [3.05, 3.63) is 18.2 Å². The summed E-state index contributed by atoms with van der Waals surface area (Å²) in [4.78, 5) is 24.3. The van der Waals surface area contributed by atoms with Crippen LogP contribution in [0.15, 0.2) is 12.4 Å². The molecule has 0 radical (unpaired) electrons. The number of aryl methyl sites for hydroxylation is 1. The van der Waals surface area contributed by atoms with Gasteiger partial charge in [0.2, 0.25) is 5.91 Å². The molecule has 2 saturated heterocycles. The van der Waals surface area contributed by atoms with E-state index in [4.69, 9.17) is 0 Å². The fraction of sp³-hybridized carbons (Fsp3) is 0.789. The van der Waals surface area contributed by atoms with Crippen molar-refractivity contribution in [3.63, 3.8) is 0 Å². The molecule has 140 valence electrons. The van der Waals surface area contributed by atoms with E-state index in [1.165, 1.54) is 12.8 Å². The number of hydrogen-bond donors (Lipinski definition) is 0. The van der Waals surface area contributed by atoms with Gasteiger partial charge in [0, 0.05) is 33.0 Å². The Labute approximate surface area is 151 Å². The molecule has 2 fully saturated rings. The van der Waals surface area contributed by atoms with Gasteiger partial charge in [0.15, 0.2) is 0 Å². The average Bonchev–Trinajstić information content (AvgIpc) is 3.15. The summed E-state index contributed by atoms with van der Waals surface area (Å²) in [5.74, 6) is 1.19. The number of carbonyl (C=O) groups excluding carboxylic acids is 1. The van der Waals surface area contributed by atoms with E-state index in [0.29, 0.717) is 12.0 Å². The van der Waals surface area contributed by atoms with Crippen molar-refractivity contribution in [3.8, 4) is 0 Å². The Kier molecular flexibility index (Phi) is 5.49. The first-order valence-corrected chi connectivity index (χ1v) is 9.58. The third kappa shape index (κ3) is 3.90. The van der Waals surface area contributed by atoms with Crippen molar-refractivity contribution in [2.75, 3.05) is 40.3 Å². The van der Waals surface area contributed by atoms with Gasteiger partial charge in [-0.1, -0.05) is 6.92 Å². The van der Waals surface area contributed by atoms with E-state index >= 15 is 0 Å². The molecular weight excluding hydrogens is 314 g/mol. The van der Waals surface area contributed by atoms with Gasteiger partial charge in [-0.25, -0.2) is 4.98 Å². The van der Waals surface area contributed by atoms with E-state index in [2.05, 4.69) is 28.8 Å². The molecule has 2 aliphatic rings. The quantitative estimate of drug-likeness (QED) is 0.811. The lowest BCUT2D eigenvalue weighted by Gasteiger charge is -2.37. The molecule has 1 aromatic heterocycles. The van der Waals surface area contributed by atoms with Crippen LogP contribution in [0.3, 0.4) is 0 Å². The molecule has 0 saturated carbocycles. The Morgan fingerprint density at radius 2 is 2.08 bits per heavy atom. The Hall–Kier alpha value is -1.40. The van der Waals surface area contributed by atoms with Crippen molar-refractivity contribution in [1.82, 2.24) is 24.3 Å². The monoisotopic (exact) mass is 347 g/mol. The van der Waals surface area contributed by atoms with Crippen LogP contribution in [0.2, 0.25) is 0 Å². The van der Waals surface area contributed by atoms with Crippen LogP contribution < -0.4 is 0 Å². The summed E-state index contributed by atoms with van der Waals surface area (Å²) in [5.41, 5.74) is 0.339. The summed E-state index contributed by atoms with van der Waals surface area (Å²) in [6.07, 6.45) is 8.28. The lowest BCUT2D eigenvalue weighted by Crippen LogP contribution is -2.44. The maximum Gasteiger partial charge on any atom is 0.240 e. The normalized spacial score (nSPS) is 24.1. The third-order valence-electron chi connectivity index (χ3n) is 6.13. The highest BCUT2D eigenvalue weighted by Gasteiger charge is 2.47. The second kappa shape index (κ2) is 7.46. The summed E-state index contributed by atoms with van der Waals surface area (Å²) in [5, 5.41) is 0. The van der Waals surface area contributed by atoms with Crippen LogP contribution in [-0.2, 0) is 18.4 Å². The molecule has 0 bridgehead atoms. The zero-order chi connectivity index (χ0) is 18.0. The molecule has 1 spiro atoms. The lowest BCUT2D eigenvalue weighted by molar-refractivity contribution is -0.135. The minimum absolute atomic E-state index is 0.0358. The summed E-state index contributed by atoms with van der Waals surface area (Å²) >= 11 is 0. The van der Waals surface area contributed by atoms with Crippen LogP contribution in [0.5, 0.6) is 0 Å². The van der Waals surface area contributed by atoms with Crippen LogP contribution in [0.1, 0.15) is 38.4 Å². The number of likely N-dealkylation sites (tertiary alicyclic amines) is 2. The van der Waals surface area contributed by atoms with Gasteiger partial charge in [-0.15, -0.1) is 0 Å². The molecule has 1 atom stereocenters. The van der Waals surface area contributed by atoms with Gasteiger partial charge in [0.1, 0.15) is 5.82 Å². The highest BCUT2D eigenvalue weighted by Crippen LogP contribution is 2.43. The summed E-state index contributed by atoms with van der Waals surface area (Å²) in [6.45, 7) is 7.20. The van der Waals surface area contributed by atoms with E-state index in [9.17, 15) is 4.79 Å². The number of piperidine rings is 1. The van der Waals surface area contributed by atoms with Crippen molar-refractivity contribution >= 4 is 5.91 Å². The number of nitrogens with zero attached hydrogens (tertiary/aromatic N) is 5. The van der Waals surface area contributed by atoms with Crippen molar-refractivity contribution in [2.45, 2.75) is 45.2 Å². The fourth-order valence-corrected chi connectivity index (χ4v) is 4.46. The standard InChI is InChI=1S/C19H33N5O/c1-5-9-24-15-19(6-10-21(2)11-7-19)13-16(24)18(25)23(4)14-17-20-8-12-22(17)3/h8,12,16H,5-7,9-11,13-15H2,1-4H3/t16-/m0/s1. The number of imidazole rings is 1. The minimum Gasteiger partial charge on any atom is -0.337 e. The minimum atomic E-state index is 0.0358. The largest absolute Gasteiger partial charge is 0.337 e. The SMILES string of the molecule is CCCN1CC2(CCN(C)CC2)C[C@H]1C(=O)N(C)Cc1nccn1C. The molecule has 6 heteroatoms. The van der Waals surface area contributed by atoms with Gasteiger partial charge in [0.25, 0.3) is 0 Å². The highest BCUT2D eigenvalue weighted by molar-refractivity contribution is 5.82. The maximum absolute atomic E-state index is 13.2. The number of amides is 1. The molecule has 0 aromatic carbocycles.